The Hall–Kier alpha value is -2.37. The Balaban J connectivity index is 1.27. The zero-order chi connectivity index (χ0) is 20.9. The number of carbonyl (C=O) groups is 2. The first-order chi connectivity index (χ1) is 14.6. The van der Waals surface area contributed by atoms with Crippen LogP contribution in [0.1, 0.15) is 45.8 Å². The van der Waals surface area contributed by atoms with E-state index in [1.807, 2.05) is 35.2 Å². The van der Waals surface area contributed by atoms with Crippen LogP contribution in [0.15, 0.2) is 42.5 Å². The summed E-state index contributed by atoms with van der Waals surface area (Å²) in [7, 11) is 0. The second kappa shape index (κ2) is 9.63. The highest BCUT2D eigenvalue weighted by atomic mass is 35.5. The predicted octanol–water partition coefficient (Wildman–Crippen LogP) is 3.16. The van der Waals surface area contributed by atoms with Crippen LogP contribution in [0.4, 0.5) is 0 Å². The highest BCUT2D eigenvalue weighted by molar-refractivity contribution is 6.30. The number of amides is 2. The van der Waals surface area contributed by atoms with Crippen molar-refractivity contribution in [3.05, 3.63) is 69.7 Å². The molecule has 6 heteroatoms. The molecule has 0 bridgehead atoms. The summed E-state index contributed by atoms with van der Waals surface area (Å²) in [5.41, 5.74) is 4.43. The Morgan fingerprint density at radius 1 is 1.00 bits per heavy atom. The van der Waals surface area contributed by atoms with Crippen LogP contribution in [0.25, 0.3) is 0 Å². The lowest BCUT2D eigenvalue weighted by Gasteiger charge is -2.32. The molecule has 2 aromatic rings. The Bertz CT molecular complexity index is 905. The van der Waals surface area contributed by atoms with Gasteiger partial charge in [0.15, 0.2) is 0 Å². The molecular weight excluding hydrogens is 398 g/mol. The predicted molar refractivity (Wildman–Crippen MR) is 119 cm³/mol. The zero-order valence-corrected chi connectivity index (χ0v) is 17.9. The summed E-state index contributed by atoms with van der Waals surface area (Å²) in [5.74, 6) is 0.256. The summed E-state index contributed by atoms with van der Waals surface area (Å²) in [4.78, 5) is 27.0. The number of halogens is 1. The topological polar surface area (TPSA) is 61.4 Å². The fraction of sp³-hybridized carbons (Fsp3) is 0.417. The summed E-state index contributed by atoms with van der Waals surface area (Å²) in [6, 6.07) is 13.9. The van der Waals surface area contributed by atoms with E-state index >= 15 is 0 Å². The molecule has 2 aromatic carbocycles. The normalized spacial score (nSPS) is 17.2. The van der Waals surface area contributed by atoms with Gasteiger partial charge < -0.3 is 15.5 Å². The van der Waals surface area contributed by atoms with E-state index in [-0.39, 0.29) is 18.4 Å². The average molecular weight is 426 g/mol. The Labute approximate surface area is 182 Å². The molecule has 4 rings (SSSR count). The second-order valence-corrected chi connectivity index (χ2v) is 8.56. The van der Waals surface area contributed by atoms with Gasteiger partial charge in [-0.1, -0.05) is 29.8 Å². The molecule has 5 nitrogen and oxygen atoms in total. The van der Waals surface area contributed by atoms with Gasteiger partial charge >= 0.3 is 0 Å². The number of benzene rings is 2. The van der Waals surface area contributed by atoms with Crippen molar-refractivity contribution in [2.75, 3.05) is 32.7 Å². The largest absolute Gasteiger partial charge is 0.343 e. The molecule has 0 saturated carbocycles. The molecule has 0 atom stereocenters. The van der Waals surface area contributed by atoms with Crippen molar-refractivity contribution >= 4 is 23.4 Å². The first kappa shape index (κ1) is 20.9. The number of carbonyl (C=O) groups excluding carboxylic acids is 2. The lowest BCUT2D eigenvalue weighted by atomic mass is 9.89. The van der Waals surface area contributed by atoms with Crippen LogP contribution in [0, 0.1) is 0 Å². The Kier molecular flexibility index (Phi) is 6.70. The van der Waals surface area contributed by atoms with Crippen molar-refractivity contribution in [1.82, 2.24) is 15.5 Å². The molecule has 2 N–H and O–H groups in total. The van der Waals surface area contributed by atoms with Gasteiger partial charge in [-0.25, -0.2) is 0 Å². The third kappa shape index (κ3) is 5.02. The molecule has 0 aromatic heterocycles. The molecule has 2 aliphatic rings. The first-order valence-electron chi connectivity index (χ1n) is 10.7. The van der Waals surface area contributed by atoms with E-state index in [2.05, 4.69) is 22.8 Å². The Morgan fingerprint density at radius 3 is 2.43 bits per heavy atom. The van der Waals surface area contributed by atoms with Gasteiger partial charge in [-0.15, -0.1) is 0 Å². The first-order valence-corrected chi connectivity index (χ1v) is 11.1. The van der Waals surface area contributed by atoms with E-state index < -0.39 is 0 Å². The molecule has 0 spiro atoms. The van der Waals surface area contributed by atoms with Crippen molar-refractivity contribution in [1.29, 1.82) is 0 Å². The van der Waals surface area contributed by atoms with Gasteiger partial charge in [-0.2, -0.15) is 0 Å². The number of nitrogens with zero attached hydrogens (tertiary/aromatic N) is 1. The number of fused-ring (bicyclic) bond motifs is 1. The number of rotatable bonds is 4. The van der Waals surface area contributed by atoms with Crippen LogP contribution < -0.4 is 10.6 Å². The molecule has 1 saturated heterocycles. The number of piperidine rings is 1. The van der Waals surface area contributed by atoms with Crippen LogP contribution in [-0.4, -0.2) is 49.4 Å². The summed E-state index contributed by atoms with van der Waals surface area (Å²) in [6.07, 6.45) is 3.78. The van der Waals surface area contributed by atoms with Gasteiger partial charge in [0.1, 0.15) is 0 Å². The van der Waals surface area contributed by atoms with Crippen LogP contribution in [0.2, 0.25) is 5.02 Å². The quantitative estimate of drug-likeness (QED) is 0.791. The van der Waals surface area contributed by atoms with Crippen molar-refractivity contribution < 1.29 is 9.59 Å². The van der Waals surface area contributed by atoms with E-state index in [4.69, 9.17) is 11.6 Å². The monoisotopic (exact) mass is 425 g/mol. The summed E-state index contributed by atoms with van der Waals surface area (Å²) >= 11 is 5.97. The number of hydrogen-bond donors (Lipinski definition) is 2. The molecule has 30 heavy (non-hydrogen) atoms. The fourth-order valence-electron chi connectivity index (χ4n) is 4.38. The van der Waals surface area contributed by atoms with Crippen molar-refractivity contribution in [3.8, 4) is 0 Å². The van der Waals surface area contributed by atoms with E-state index in [9.17, 15) is 9.59 Å². The van der Waals surface area contributed by atoms with Gasteiger partial charge in [-0.05, 0) is 85.6 Å². The standard InChI is InChI=1S/C24H28ClN3O2/c25-22-5-3-17(4-6-22)19-9-13-28(14-10-19)23(29)16-27-24(30)21-2-1-18-7-11-26-12-8-20(18)15-21/h1-6,15,19,26H,7-14,16H2,(H,27,30). The van der Waals surface area contributed by atoms with Crippen LogP contribution in [0.3, 0.4) is 0 Å². The van der Waals surface area contributed by atoms with E-state index in [1.165, 1.54) is 16.7 Å². The van der Waals surface area contributed by atoms with Gasteiger partial charge in [0.2, 0.25) is 5.91 Å². The molecular formula is C24H28ClN3O2. The Morgan fingerprint density at radius 2 is 1.70 bits per heavy atom. The molecule has 2 aliphatic heterocycles. The lowest BCUT2D eigenvalue weighted by molar-refractivity contribution is -0.131. The molecule has 1 fully saturated rings. The molecule has 158 valence electrons. The maximum Gasteiger partial charge on any atom is 0.251 e. The van der Waals surface area contributed by atoms with Crippen LogP contribution in [0.5, 0.6) is 0 Å². The van der Waals surface area contributed by atoms with Gasteiger partial charge in [0, 0.05) is 23.7 Å². The number of hydrogen-bond acceptors (Lipinski definition) is 3. The minimum absolute atomic E-state index is 0.0168. The van der Waals surface area contributed by atoms with E-state index in [1.54, 1.807) is 0 Å². The highest BCUT2D eigenvalue weighted by Crippen LogP contribution is 2.28. The lowest BCUT2D eigenvalue weighted by Crippen LogP contribution is -2.43. The summed E-state index contributed by atoms with van der Waals surface area (Å²) < 4.78 is 0. The highest BCUT2D eigenvalue weighted by Gasteiger charge is 2.24. The molecule has 2 heterocycles. The number of likely N-dealkylation sites (tertiary alicyclic amines) is 1. The smallest absolute Gasteiger partial charge is 0.251 e. The van der Waals surface area contributed by atoms with Crippen molar-refractivity contribution in [3.63, 3.8) is 0 Å². The van der Waals surface area contributed by atoms with Crippen LogP contribution >= 0.6 is 11.6 Å². The molecule has 0 radical (unpaired) electrons. The average Bonchev–Trinajstić information content (AvgIpc) is 3.03. The van der Waals surface area contributed by atoms with Gasteiger partial charge in [0.25, 0.3) is 5.91 Å². The summed E-state index contributed by atoms with van der Waals surface area (Å²) in [5, 5.41) is 6.93. The van der Waals surface area contributed by atoms with Crippen LogP contribution in [-0.2, 0) is 17.6 Å². The zero-order valence-electron chi connectivity index (χ0n) is 17.1. The van der Waals surface area contributed by atoms with Gasteiger partial charge in [0.05, 0.1) is 6.54 Å². The number of nitrogens with one attached hydrogen (secondary N) is 2. The molecule has 0 unspecified atom stereocenters. The maximum absolute atomic E-state index is 12.6. The van der Waals surface area contributed by atoms with E-state index in [0.29, 0.717) is 24.6 Å². The fourth-order valence-corrected chi connectivity index (χ4v) is 4.51. The summed E-state index contributed by atoms with van der Waals surface area (Å²) in [6.45, 7) is 3.38. The second-order valence-electron chi connectivity index (χ2n) is 8.12. The third-order valence-electron chi connectivity index (χ3n) is 6.20. The molecule has 2 amide bonds. The SMILES string of the molecule is O=C(NCC(=O)N1CCC(c2ccc(Cl)cc2)CC1)c1ccc2c(c1)CCNCC2. The van der Waals surface area contributed by atoms with Gasteiger partial charge in [-0.3, -0.25) is 9.59 Å². The third-order valence-corrected chi connectivity index (χ3v) is 6.45. The maximum atomic E-state index is 12.6. The van der Waals surface area contributed by atoms with Crippen molar-refractivity contribution in [2.24, 2.45) is 0 Å². The van der Waals surface area contributed by atoms with Crippen molar-refractivity contribution in [2.45, 2.75) is 31.6 Å². The minimum Gasteiger partial charge on any atom is -0.343 e. The minimum atomic E-state index is -0.181. The molecule has 0 aliphatic carbocycles. The van der Waals surface area contributed by atoms with E-state index in [0.717, 1.165) is 43.8 Å².